The number of halogens is 1. The minimum Gasteiger partial charge on any atom is -0.482 e. The second-order valence-electron chi connectivity index (χ2n) is 6.99. The van der Waals surface area contributed by atoms with Crippen LogP contribution in [0.3, 0.4) is 0 Å². The van der Waals surface area contributed by atoms with E-state index in [2.05, 4.69) is 10.6 Å². The minimum absolute atomic E-state index is 0.0511. The Morgan fingerprint density at radius 3 is 2.87 bits per heavy atom. The maximum Gasteiger partial charge on any atom is 0.414 e. The Balaban J connectivity index is 1.51. The van der Waals surface area contributed by atoms with Crippen LogP contribution in [0, 0.1) is 5.82 Å². The highest BCUT2D eigenvalue weighted by atomic mass is 19.1. The summed E-state index contributed by atoms with van der Waals surface area (Å²) >= 11 is 0. The van der Waals surface area contributed by atoms with Gasteiger partial charge in [-0.2, -0.15) is 0 Å². The zero-order valence-electron chi connectivity index (χ0n) is 16.2. The molecule has 2 aliphatic heterocycles. The molecule has 0 radical (unpaired) electrons. The quantitative estimate of drug-likeness (QED) is 0.786. The molecule has 1 saturated heterocycles. The van der Waals surface area contributed by atoms with Crippen molar-refractivity contribution in [1.82, 2.24) is 5.32 Å². The van der Waals surface area contributed by atoms with E-state index < -0.39 is 18.0 Å². The number of nitrogens with zero attached hydrogens (tertiary/aromatic N) is 1. The second-order valence-corrected chi connectivity index (χ2v) is 6.99. The van der Waals surface area contributed by atoms with Crippen molar-refractivity contribution in [1.29, 1.82) is 0 Å². The van der Waals surface area contributed by atoms with E-state index in [9.17, 15) is 18.8 Å². The van der Waals surface area contributed by atoms with Crippen molar-refractivity contribution < 1.29 is 28.2 Å². The van der Waals surface area contributed by atoms with Crippen LogP contribution in [-0.4, -0.2) is 43.7 Å². The fraction of sp³-hybridized carbons (Fsp3) is 0.286. The van der Waals surface area contributed by atoms with Gasteiger partial charge in [-0.05, 0) is 35.9 Å². The van der Waals surface area contributed by atoms with Crippen molar-refractivity contribution in [2.24, 2.45) is 0 Å². The molecule has 2 aromatic carbocycles. The number of ether oxygens (including phenoxy) is 2. The van der Waals surface area contributed by atoms with Crippen LogP contribution in [0.1, 0.15) is 13.3 Å². The van der Waals surface area contributed by atoms with Crippen LogP contribution < -0.4 is 20.3 Å². The second kappa shape index (κ2) is 8.02. The lowest BCUT2D eigenvalue weighted by Gasteiger charge is -2.19. The molecule has 2 heterocycles. The monoisotopic (exact) mass is 413 g/mol. The normalized spacial score (nSPS) is 17.7. The van der Waals surface area contributed by atoms with Crippen molar-refractivity contribution in [2.75, 3.05) is 29.9 Å². The van der Waals surface area contributed by atoms with Gasteiger partial charge in [0.25, 0.3) is 5.91 Å². The fourth-order valence-corrected chi connectivity index (χ4v) is 3.35. The number of rotatable bonds is 5. The molecule has 0 aromatic heterocycles. The summed E-state index contributed by atoms with van der Waals surface area (Å²) in [5.41, 5.74) is 1.72. The molecule has 156 valence electrons. The molecule has 8 nitrogen and oxygen atoms in total. The summed E-state index contributed by atoms with van der Waals surface area (Å²) in [6.07, 6.45) is -0.748. The van der Waals surface area contributed by atoms with Gasteiger partial charge in [0.15, 0.2) is 6.61 Å². The Morgan fingerprint density at radius 2 is 2.10 bits per heavy atom. The number of nitrogens with one attached hydrogen (secondary N) is 2. The summed E-state index contributed by atoms with van der Waals surface area (Å²) in [6.45, 7) is 2.10. The van der Waals surface area contributed by atoms with Gasteiger partial charge in [0.1, 0.15) is 17.7 Å². The minimum atomic E-state index is -0.591. The predicted molar refractivity (Wildman–Crippen MR) is 107 cm³/mol. The first-order valence-electron chi connectivity index (χ1n) is 9.56. The molecule has 1 fully saturated rings. The molecule has 4 rings (SSSR count). The van der Waals surface area contributed by atoms with Gasteiger partial charge >= 0.3 is 6.09 Å². The number of carbonyl (C=O) groups excluding carboxylic acids is 3. The summed E-state index contributed by atoms with van der Waals surface area (Å²) in [5, 5.41) is 5.37. The van der Waals surface area contributed by atoms with Crippen molar-refractivity contribution in [3.63, 3.8) is 0 Å². The first-order chi connectivity index (χ1) is 14.4. The molecular formula is C21H20FN3O5. The van der Waals surface area contributed by atoms with Gasteiger partial charge in [-0.1, -0.05) is 13.0 Å². The third kappa shape index (κ3) is 3.91. The van der Waals surface area contributed by atoms with Gasteiger partial charge < -0.3 is 20.1 Å². The molecule has 1 atom stereocenters. The third-order valence-corrected chi connectivity index (χ3v) is 4.91. The van der Waals surface area contributed by atoms with Crippen molar-refractivity contribution >= 4 is 29.3 Å². The van der Waals surface area contributed by atoms with Crippen LogP contribution in [0.25, 0.3) is 11.1 Å². The largest absolute Gasteiger partial charge is 0.482 e. The third-order valence-electron chi connectivity index (χ3n) is 4.91. The van der Waals surface area contributed by atoms with Crippen LogP contribution >= 0.6 is 0 Å². The van der Waals surface area contributed by atoms with Crippen LogP contribution in [0.15, 0.2) is 36.4 Å². The van der Waals surface area contributed by atoms with E-state index in [1.54, 1.807) is 37.3 Å². The molecule has 2 N–H and O–H groups in total. The Morgan fingerprint density at radius 1 is 1.27 bits per heavy atom. The first kappa shape index (κ1) is 19.7. The van der Waals surface area contributed by atoms with Crippen molar-refractivity contribution in [2.45, 2.75) is 19.4 Å². The van der Waals surface area contributed by atoms with E-state index in [0.717, 1.165) is 0 Å². The number of cyclic esters (lactones) is 1. The summed E-state index contributed by atoms with van der Waals surface area (Å²) in [5.74, 6) is -0.401. The molecule has 30 heavy (non-hydrogen) atoms. The molecule has 3 amide bonds. The molecule has 2 aliphatic rings. The number of carbonyl (C=O) groups is 3. The predicted octanol–water partition coefficient (Wildman–Crippen LogP) is 2.67. The average Bonchev–Trinajstić information content (AvgIpc) is 3.11. The Hall–Kier alpha value is -3.62. The average molecular weight is 413 g/mol. The molecule has 2 aromatic rings. The van der Waals surface area contributed by atoms with Gasteiger partial charge in [-0.15, -0.1) is 0 Å². The molecule has 0 aliphatic carbocycles. The van der Waals surface area contributed by atoms with Crippen molar-refractivity contribution in [3.05, 3.63) is 42.2 Å². The Kier molecular flexibility index (Phi) is 5.26. The number of benzene rings is 2. The maximum absolute atomic E-state index is 14.9. The highest BCUT2D eigenvalue weighted by molar-refractivity contribution is 5.96. The molecule has 0 bridgehead atoms. The van der Waals surface area contributed by atoms with E-state index in [0.29, 0.717) is 34.7 Å². The van der Waals surface area contributed by atoms with Crippen molar-refractivity contribution in [3.8, 4) is 16.9 Å². The molecular weight excluding hydrogens is 393 g/mol. The highest BCUT2D eigenvalue weighted by Crippen LogP contribution is 2.35. The number of anilines is 2. The molecule has 9 heteroatoms. The smallest absolute Gasteiger partial charge is 0.414 e. The first-order valence-corrected chi connectivity index (χ1v) is 9.56. The number of hydrogen-bond acceptors (Lipinski definition) is 5. The van der Waals surface area contributed by atoms with Crippen LogP contribution in [-0.2, 0) is 14.3 Å². The lowest BCUT2D eigenvalue weighted by Crippen LogP contribution is -2.34. The van der Waals surface area contributed by atoms with E-state index in [1.165, 1.54) is 11.0 Å². The van der Waals surface area contributed by atoms with Gasteiger partial charge in [0.05, 0.1) is 24.5 Å². The van der Waals surface area contributed by atoms with E-state index in [1.807, 2.05) is 0 Å². The van der Waals surface area contributed by atoms with E-state index in [4.69, 9.17) is 9.47 Å². The Bertz CT molecular complexity index is 1030. The fourth-order valence-electron chi connectivity index (χ4n) is 3.35. The van der Waals surface area contributed by atoms with E-state index >= 15 is 0 Å². The number of amides is 3. The zero-order valence-corrected chi connectivity index (χ0v) is 16.2. The summed E-state index contributed by atoms with van der Waals surface area (Å²) in [4.78, 5) is 36.4. The van der Waals surface area contributed by atoms with Gasteiger partial charge in [0.2, 0.25) is 5.91 Å². The topological polar surface area (TPSA) is 97.0 Å². The number of fused-ring (bicyclic) bond motifs is 1. The highest BCUT2D eigenvalue weighted by Gasteiger charge is 2.33. The van der Waals surface area contributed by atoms with Crippen LogP contribution in [0.2, 0.25) is 0 Å². The summed E-state index contributed by atoms with van der Waals surface area (Å²) < 4.78 is 25.4. The van der Waals surface area contributed by atoms with Gasteiger partial charge in [-0.25, -0.2) is 9.18 Å². The molecule has 0 unspecified atom stereocenters. The maximum atomic E-state index is 14.9. The molecule has 0 saturated carbocycles. The molecule has 0 spiro atoms. The lowest BCUT2D eigenvalue weighted by atomic mass is 10.0. The SMILES string of the molecule is CCC(=O)NC[C@H]1CN(c2ccc(-c3ccc4c(c3)NC(=O)CO4)c(F)c2)C(=O)O1. The number of hydrogen-bond donors (Lipinski definition) is 2. The van der Waals surface area contributed by atoms with Crippen LogP contribution in [0.5, 0.6) is 5.75 Å². The van der Waals surface area contributed by atoms with Crippen LogP contribution in [0.4, 0.5) is 20.6 Å². The summed E-state index contributed by atoms with van der Waals surface area (Å²) in [7, 11) is 0. The lowest BCUT2D eigenvalue weighted by molar-refractivity contribution is -0.121. The Labute approximate surface area is 171 Å². The van der Waals surface area contributed by atoms with Gasteiger partial charge in [0, 0.05) is 12.0 Å². The summed E-state index contributed by atoms with van der Waals surface area (Å²) in [6, 6.07) is 9.47. The van der Waals surface area contributed by atoms with E-state index in [-0.39, 0.29) is 31.5 Å². The standard InChI is InChI=1S/C21H20FN3O5/c1-2-19(26)23-9-14-10-25(21(28)30-14)13-4-5-15(16(22)8-13)12-3-6-18-17(7-12)24-20(27)11-29-18/h3-8,14H,2,9-11H2,1H3,(H,23,26)(H,24,27)/t14-/m0/s1. The zero-order chi connectivity index (χ0) is 21.3. The van der Waals surface area contributed by atoms with Gasteiger partial charge in [-0.3, -0.25) is 14.5 Å².